The van der Waals surface area contributed by atoms with Gasteiger partial charge in [0.15, 0.2) is 0 Å². The molecule has 5 nitrogen and oxygen atoms in total. The summed E-state index contributed by atoms with van der Waals surface area (Å²) in [6, 6.07) is 9.41. The molecular formula is C18H25NO4. The third-order valence-electron chi connectivity index (χ3n) is 4.53. The summed E-state index contributed by atoms with van der Waals surface area (Å²) in [6.45, 7) is 2.25. The van der Waals surface area contributed by atoms with Crippen LogP contribution in [-0.4, -0.2) is 47.7 Å². The fourth-order valence-corrected chi connectivity index (χ4v) is 3.11. The van der Waals surface area contributed by atoms with Gasteiger partial charge in [0.05, 0.1) is 6.10 Å². The van der Waals surface area contributed by atoms with E-state index in [1.165, 1.54) is 10.5 Å². The zero-order chi connectivity index (χ0) is 16.8. The number of rotatable bonds is 7. The lowest BCUT2D eigenvalue weighted by Gasteiger charge is -2.24. The Morgan fingerprint density at radius 2 is 2.04 bits per heavy atom. The number of methoxy groups -OCH3 is 1. The second kappa shape index (κ2) is 8.11. The van der Waals surface area contributed by atoms with E-state index in [4.69, 9.17) is 4.74 Å². The summed E-state index contributed by atoms with van der Waals surface area (Å²) in [5, 5.41) is 9.30. The van der Waals surface area contributed by atoms with Crippen molar-refractivity contribution >= 4 is 11.9 Å². The summed E-state index contributed by atoms with van der Waals surface area (Å²) >= 11 is 0. The summed E-state index contributed by atoms with van der Waals surface area (Å²) in [5.41, 5.74) is 1.26. The first kappa shape index (κ1) is 17.5. The van der Waals surface area contributed by atoms with E-state index >= 15 is 0 Å². The van der Waals surface area contributed by atoms with Gasteiger partial charge < -0.3 is 14.7 Å². The van der Waals surface area contributed by atoms with Crippen LogP contribution in [0.25, 0.3) is 0 Å². The fraction of sp³-hybridized carbons (Fsp3) is 0.556. The summed E-state index contributed by atoms with van der Waals surface area (Å²) in [7, 11) is 1.56. The number of aliphatic carboxylic acids is 1. The van der Waals surface area contributed by atoms with Gasteiger partial charge in [-0.15, -0.1) is 0 Å². The molecule has 126 valence electrons. The molecule has 0 spiro atoms. The summed E-state index contributed by atoms with van der Waals surface area (Å²) in [6.07, 6.45) is 2.79. The predicted molar refractivity (Wildman–Crippen MR) is 87.1 cm³/mol. The molecule has 0 radical (unpaired) electrons. The van der Waals surface area contributed by atoms with Gasteiger partial charge in [0.25, 0.3) is 0 Å². The van der Waals surface area contributed by atoms with Crippen molar-refractivity contribution in [3.8, 4) is 0 Å². The highest BCUT2D eigenvalue weighted by molar-refractivity contribution is 5.85. The molecule has 0 aliphatic carbocycles. The fourth-order valence-electron chi connectivity index (χ4n) is 3.11. The first-order valence-electron chi connectivity index (χ1n) is 8.13. The van der Waals surface area contributed by atoms with Crippen molar-refractivity contribution in [2.45, 2.75) is 44.8 Å². The first-order valence-corrected chi connectivity index (χ1v) is 8.13. The Morgan fingerprint density at radius 3 is 2.65 bits per heavy atom. The molecular weight excluding hydrogens is 294 g/mol. The Balaban J connectivity index is 1.87. The maximum absolute atomic E-state index is 12.6. The number of aryl methyl sites for hydroxylation is 1. The standard InChI is InChI=1S/C18H25NO4/c1-13(7-6-10-14-8-4-3-5-9-14)17(20)19-12-15(23-2)11-16(19)18(21)22/h3-5,8-9,13,15-16H,6-7,10-12H2,1-2H3,(H,21,22). The molecule has 1 aliphatic heterocycles. The highest BCUT2D eigenvalue weighted by Crippen LogP contribution is 2.24. The van der Waals surface area contributed by atoms with Crippen molar-refractivity contribution in [1.82, 2.24) is 4.90 Å². The minimum Gasteiger partial charge on any atom is -0.480 e. The van der Waals surface area contributed by atoms with Crippen LogP contribution in [0.15, 0.2) is 30.3 Å². The smallest absolute Gasteiger partial charge is 0.326 e. The molecule has 23 heavy (non-hydrogen) atoms. The van der Waals surface area contributed by atoms with Crippen LogP contribution < -0.4 is 0 Å². The molecule has 1 aliphatic rings. The molecule has 1 amide bonds. The van der Waals surface area contributed by atoms with Crippen LogP contribution in [0.4, 0.5) is 0 Å². The predicted octanol–water partition coefficient (Wildman–Crippen LogP) is 2.35. The maximum Gasteiger partial charge on any atom is 0.326 e. The van der Waals surface area contributed by atoms with Crippen LogP contribution in [0.5, 0.6) is 0 Å². The molecule has 0 aromatic heterocycles. The lowest BCUT2D eigenvalue weighted by atomic mass is 9.99. The number of carboxylic acid groups (broad SMARTS) is 1. The van der Waals surface area contributed by atoms with Gasteiger partial charge in [-0.05, 0) is 24.8 Å². The molecule has 3 unspecified atom stereocenters. The van der Waals surface area contributed by atoms with Crippen molar-refractivity contribution in [2.24, 2.45) is 5.92 Å². The summed E-state index contributed by atoms with van der Waals surface area (Å²) in [4.78, 5) is 25.4. The van der Waals surface area contributed by atoms with Crippen LogP contribution >= 0.6 is 0 Å². The number of carboxylic acids is 1. The molecule has 1 heterocycles. The molecule has 5 heteroatoms. The van der Waals surface area contributed by atoms with Crippen LogP contribution in [0, 0.1) is 5.92 Å². The summed E-state index contributed by atoms with van der Waals surface area (Å²) in [5.74, 6) is -1.20. The van der Waals surface area contributed by atoms with Gasteiger partial charge in [0, 0.05) is 26.0 Å². The van der Waals surface area contributed by atoms with Gasteiger partial charge in [-0.3, -0.25) is 4.79 Å². The van der Waals surface area contributed by atoms with Crippen molar-refractivity contribution in [1.29, 1.82) is 0 Å². The molecule has 1 saturated heterocycles. The van der Waals surface area contributed by atoms with Crippen molar-refractivity contribution in [3.05, 3.63) is 35.9 Å². The molecule has 2 rings (SSSR count). The lowest BCUT2D eigenvalue weighted by molar-refractivity contribution is -0.149. The van der Waals surface area contributed by atoms with Gasteiger partial charge in [0.1, 0.15) is 6.04 Å². The van der Waals surface area contributed by atoms with E-state index in [0.717, 1.165) is 19.3 Å². The Bertz CT molecular complexity index is 531. The Kier molecular flexibility index (Phi) is 6.16. The van der Waals surface area contributed by atoms with Crippen LogP contribution in [0.1, 0.15) is 31.7 Å². The van der Waals surface area contributed by atoms with Gasteiger partial charge in [-0.1, -0.05) is 37.3 Å². The third kappa shape index (κ3) is 4.55. The zero-order valence-electron chi connectivity index (χ0n) is 13.8. The number of amides is 1. The molecule has 0 bridgehead atoms. The third-order valence-corrected chi connectivity index (χ3v) is 4.53. The molecule has 1 aromatic carbocycles. The molecule has 1 N–H and O–H groups in total. The number of benzene rings is 1. The van der Waals surface area contributed by atoms with Crippen LogP contribution in [0.3, 0.4) is 0 Å². The normalized spacial score (nSPS) is 22.1. The average molecular weight is 319 g/mol. The lowest BCUT2D eigenvalue weighted by Crippen LogP contribution is -2.43. The highest BCUT2D eigenvalue weighted by Gasteiger charge is 2.40. The van der Waals surface area contributed by atoms with E-state index in [2.05, 4.69) is 12.1 Å². The molecule has 1 aromatic rings. The number of ether oxygens (including phenoxy) is 1. The summed E-state index contributed by atoms with van der Waals surface area (Å²) < 4.78 is 5.23. The average Bonchev–Trinajstić information content (AvgIpc) is 2.99. The number of hydrogen-bond donors (Lipinski definition) is 1. The van der Waals surface area contributed by atoms with E-state index < -0.39 is 12.0 Å². The number of hydrogen-bond acceptors (Lipinski definition) is 3. The number of carbonyl (C=O) groups is 2. The SMILES string of the molecule is COC1CC(C(=O)O)N(C(=O)C(C)CCCc2ccccc2)C1. The van der Waals surface area contributed by atoms with Gasteiger partial charge in [0.2, 0.25) is 5.91 Å². The highest BCUT2D eigenvalue weighted by atomic mass is 16.5. The zero-order valence-corrected chi connectivity index (χ0v) is 13.8. The van der Waals surface area contributed by atoms with Crippen LogP contribution in [0.2, 0.25) is 0 Å². The van der Waals surface area contributed by atoms with E-state index in [1.54, 1.807) is 7.11 Å². The quantitative estimate of drug-likeness (QED) is 0.838. The van der Waals surface area contributed by atoms with Crippen LogP contribution in [-0.2, 0) is 20.7 Å². The van der Waals surface area contributed by atoms with Gasteiger partial charge in [-0.25, -0.2) is 4.79 Å². The van der Waals surface area contributed by atoms with Gasteiger partial charge in [-0.2, -0.15) is 0 Å². The molecule has 0 saturated carbocycles. The maximum atomic E-state index is 12.6. The monoisotopic (exact) mass is 319 g/mol. The number of carbonyl (C=O) groups excluding carboxylic acids is 1. The topological polar surface area (TPSA) is 66.8 Å². The molecule has 3 atom stereocenters. The second-order valence-electron chi connectivity index (χ2n) is 6.22. The minimum atomic E-state index is -0.950. The van der Waals surface area contributed by atoms with E-state index in [0.29, 0.717) is 13.0 Å². The van der Waals surface area contributed by atoms with Crippen molar-refractivity contribution in [2.75, 3.05) is 13.7 Å². The number of nitrogens with zero attached hydrogens (tertiary/aromatic N) is 1. The van der Waals surface area contributed by atoms with E-state index in [-0.39, 0.29) is 17.9 Å². The Morgan fingerprint density at radius 1 is 1.35 bits per heavy atom. The van der Waals surface area contributed by atoms with Crippen molar-refractivity contribution < 1.29 is 19.4 Å². The molecule has 1 fully saturated rings. The Hall–Kier alpha value is -1.88. The van der Waals surface area contributed by atoms with Gasteiger partial charge >= 0.3 is 5.97 Å². The van der Waals surface area contributed by atoms with E-state index in [1.807, 2.05) is 25.1 Å². The number of likely N-dealkylation sites (tertiary alicyclic amines) is 1. The first-order chi connectivity index (χ1) is 11.0. The van der Waals surface area contributed by atoms with Crippen molar-refractivity contribution in [3.63, 3.8) is 0 Å². The minimum absolute atomic E-state index is 0.0787. The Labute approximate surface area is 137 Å². The van der Waals surface area contributed by atoms with E-state index in [9.17, 15) is 14.7 Å². The largest absolute Gasteiger partial charge is 0.480 e. The second-order valence-corrected chi connectivity index (χ2v) is 6.22.